The summed E-state index contributed by atoms with van der Waals surface area (Å²) >= 11 is 0. The van der Waals surface area contributed by atoms with Crippen LogP contribution in [0.1, 0.15) is 0 Å². The van der Waals surface area contributed by atoms with Gasteiger partial charge in [-0.15, -0.1) is 0 Å². The van der Waals surface area contributed by atoms with E-state index >= 15 is 0 Å². The van der Waals surface area contributed by atoms with Crippen molar-refractivity contribution in [3.8, 4) is 0 Å². The van der Waals surface area contributed by atoms with Crippen LogP contribution in [0.3, 0.4) is 0 Å². The van der Waals surface area contributed by atoms with Gasteiger partial charge in [-0.25, -0.2) is 0 Å². The molecule has 0 saturated heterocycles. The zero-order valence-corrected chi connectivity index (χ0v) is 17.1. The normalized spacial score (nSPS) is 0. The van der Waals surface area contributed by atoms with E-state index in [1.807, 2.05) is 0 Å². The van der Waals surface area contributed by atoms with Crippen LogP contribution in [-0.2, 0) is 77.6 Å². The predicted molar refractivity (Wildman–Crippen MR) is 31.2 cm³/mol. The molecule has 0 aliphatic heterocycles. The first-order chi connectivity index (χ1) is 0. The van der Waals surface area contributed by atoms with E-state index in [2.05, 4.69) is 0 Å². The molecule has 0 spiro atoms. The predicted octanol–water partition coefficient (Wildman–Crippen LogP) is -3.83. The van der Waals surface area contributed by atoms with Gasteiger partial charge in [-0.2, -0.15) is 0 Å². The van der Waals surface area contributed by atoms with Gasteiger partial charge in [0.15, 0.2) is 0 Å². The maximum absolute atomic E-state index is 0. The van der Waals surface area contributed by atoms with Crippen LogP contribution in [0.25, 0.3) is 0 Å². The summed E-state index contributed by atoms with van der Waals surface area (Å²) in [7, 11) is 0. The monoisotopic (exact) mass is 574 g/mol. The summed E-state index contributed by atoms with van der Waals surface area (Å²) in [5.74, 6) is 0. The Morgan fingerprint density at radius 1 is 1.00 bits per heavy atom. The second-order valence-electron chi connectivity index (χ2n) is 0. The fraction of sp³-hybridized carbons (Fsp3) is 0. The van der Waals surface area contributed by atoms with Crippen LogP contribution in [0.5, 0.6) is 0 Å². The molecule has 0 bridgehead atoms. The van der Waals surface area contributed by atoms with Gasteiger partial charge in [-0.05, 0) is 0 Å². The minimum atomic E-state index is 0. The zero-order valence-electron chi connectivity index (χ0n) is 3.07. The summed E-state index contributed by atoms with van der Waals surface area (Å²) in [6.07, 6.45) is 0. The first-order valence-corrected chi connectivity index (χ1v) is 0. The summed E-state index contributed by atoms with van der Waals surface area (Å²) in [6, 6.07) is 0. The molecular weight excluding hydrogens is 563 g/mol. The summed E-state index contributed by atoms with van der Waals surface area (Å²) in [5, 5.41) is 0. The van der Waals surface area contributed by atoms with Crippen molar-refractivity contribution in [2.24, 2.45) is 0 Å². The van der Waals surface area contributed by atoms with E-state index in [0.717, 1.165) is 0 Å². The van der Waals surface area contributed by atoms with Crippen molar-refractivity contribution in [2.45, 2.75) is 0 Å². The average molecular weight is 573 g/mol. The average Bonchev–Trinajstić information content (AvgIpc) is 0. The van der Waals surface area contributed by atoms with E-state index in [9.17, 15) is 0 Å². The number of rotatable bonds is 0. The van der Waals surface area contributed by atoms with Gasteiger partial charge in [-0.1, -0.05) is 0 Å². The van der Waals surface area contributed by atoms with Gasteiger partial charge in [0.25, 0.3) is 0 Å². The van der Waals surface area contributed by atoms with Crippen LogP contribution in [0.4, 0.5) is 0 Å². The molecule has 2 radical (unpaired) electrons. The van der Waals surface area contributed by atoms with Gasteiger partial charge in [-0.3, -0.25) is 0 Å². The Hall–Kier alpha value is 4.36. The second kappa shape index (κ2) is 47.7. The van der Waals surface area contributed by atoms with Crippen LogP contribution in [0, 0.1) is 0 Å². The third kappa shape index (κ3) is 38.1. The molecule has 0 heterocycles. The van der Waals surface area contributed by atoms with Gasteiger partial charge < -0.3 is 0 Å². The van der Waals surface area contributed by atoms with Gasteiger partial charge in [0, 0.05) is 77.6 Å². The van der Waals surface area contributed by atoms with Gasteiger partial charge in [0.2, 0.25) is 0 Å². The van der Waals surface area contributed by atoms with E-state index in [0.29, 0.717) is 0 Å². The zero-order chi connectivity index (χ0) is 0. The summed E-state index contributed by atoms with van der Waals surface area (Å²) < 4.78 is 0. The van der Waals surface area contributed by atoms with E-state index in [4.69, 9.17) is 0 Å². The Morgan fingerprint density at radius 2 is 1.00 bits per heavy atom. The van der Waals surface area contributed by atoms with Crippen LogP contribution >= 0.6 is 0 Å². The van der Waals surface area contributed by atoms with Crippen molar-refractivity contribution < 1.29 is 77.6 Å². The Labute approximate surface area is 135 Å². The quantitative estimate of drug-likeness (QED) is 0.261. The summed E-state index contributed by atoms with van der Waals surface area (Å²) in [5.41, 5.74) is 0. The molecule has 7 heavy (non-hydrogen) atoms. The van der Waals surface area contributed by atoms with Crippen molar-refractivity contribution >= 4 is 60.0 Å². The van der Waals surface area contributed by atoms with Crippen LogP contribution in [0.15, 0.2) is 0 Å². The molecule has 0 rings (SSSR count). The first-order valence-electron chi connectivity index (χ1n) is 0. The molecule has 1 atom stereocenters. The topological polar surface area (TPSA) is 0 Å². The summed E-state index contributed by atoms with van der Waals surface area (Å²) in [4.78, 5) is 0. The van der Waals surface area contributed by atoms with E-state index in [1.165, 1.54) is 0 Å². The van der Waals surface area contributed by atoms with Crippen molar-refractivity contribution in [2.75, 3.05) is 0 Å². The second-order valence-corrected chi connectivity index (χ2v) is 0. The third-order valence-electron chi connectivity index (χ3n) is 0. The molecule has 1 unspecified atom stereocenters. The molecule has 56 valence electrons. The Kier molecular flexibility index (Phi) is 437. The Morgan fingerprint density at radius 3 is 1.00 bits per heavy atom. The Bertz CT molecular complexity index is 19.7. The molecule has 0 aliphatic rings. The van der Waals surface area contributed by atoms with Crippen molar-refractivity contribution in [1.29, 1.82) is 0 Å². The Balaban J connectivity index is 0. The third-order valence-corrected chi connectivity index (χ3v) is 0. The van der Waals surface area contributed by atoms with Gasteiger partial charge in [0.1, 0.15) is 0 Å². The van der Waals surface area contributed by atoms with Crippen molar-refractivity contribution in [3.63, 3.8) is 0 Å². The molecule has 0 aromatic heterocycles. The number of hydrogen-bond acceptors (Lipinski definition) is 0. The van der Waals surface area contributed by atoms with Crippen LogP contribution in [-0.4, -0.2) is 60.0 Å². The molecule has 0 amide bonds. The molecule has 0 aromatic rings. The van der Waals surface area contributed by atoms with E-state index < -0.39 is 0 Å². The van der Waals surface area contributed by atoms with Crippen molar-refractivity contribution in [1.82, 2.24) is 0 Å². The van der Waals surface area contributed by atoms with Gasteiger partial charge in [0.05, 0.1) is 0 Å². The van der Waals surface area contributed by atoms with E-state index in [-0.39, 0.29) is 138 Å². The molecular formula is H10AsCdCoCuGeNiSb. The SMILES string of the molecule is [AsH3].[Cd].[Co].[Cu].[GeH4].[Ni].[SbH3]. The van der Waals surface area contributed by atoms with Gasteiger partial charge >= 0.3 is 60.0 Å². The molecule has 0 N–H and O–H groups in total. The molecule has 7 heteroatoms. The summed E-state index contributed by atoms with van der Waals surface area (Å²) in [6.45, 7) is 0. The van der Waals surface area contributed by atoms with E-state index in [1.54, 1.807) is 0 Å². The molecule has 0 saturated carbocycles. The fourth-order valence-corrected chi connectivity index (χ4v) is 0. The molecule has 0 aromatic carbocycles. The molecule has 0 aliphatic carbocycles. The van der Waals surface area contributed by atoms with Crippen LogP contribution < -0.4 is 0 Å². The molecule has 0 fully saturated rings. The first kappa shape index (κ1) is 64.1. The van der Waals surface area contributed by atoms with Crippen LogP contribution in [0.2, 0.25) is 0 Å². The minimum absolute atomic E-state index is 0. The fourth-order valence-electron chi connectivity index (χ4n) is 0. The standard InChI is InChI=1S/AsH3.Cd.Co.Cu.GeH4.Ni.Sb.3H/h1H3;;;;1H4;;;;;. The van der Waals surface area contributed by atoms with Crippen molar-refractivity contribution in [3.05, 3.63) is 0 Å². The number of hydrogen-bond donors (Lipinski definition) is 0. The maximum atomic E-state index is 0. The molecule has 0 nitrogen and oxygen atoms in total.